The summed E-state index contributed by atoms with van der Waals surface area (Å²) in [5.41, 5.74) is 1.17. The van der Waals surface area contributed by atoms with E-state index in [1.165, 1.54) is 17.3 Å². The van der Waals surface area contributed by atoms with Gasteiger partial charge in [0.1, 0.15) is 6.04 Å². The molecule has 0 bridgehead atoms. The lowest BCUT2D eigenvalue weighted by molar-refractivity contribution is -0.137. The first-order valence-electron chi connectivity index (χ1n) is 6.52. The van der Waals surface area contributed by atoms with E-state index in [0.717, 1.165) is 4.90 Å². The van der Waals surface area contributed by atoms with Crippen molar-refractivity contribution in [3.63, 3.8) is 0 Å². The van der Waals surface area contributed by atoms with E-state index in [0.29, 0.717) is 12.8 Å². The smallest absolute Gasteiger partial charge is 0.249 e. The third kappa shape index (κ3) is 2.56. The van der Waals surface area contributed by atoms with Crippen LogP contribution in [0, 0.1) is 0 Å². The maximum atomic E-state index is 12.2. The Hall–Kier alpha value is -1.82. The second-order valence-corrected chi connectivity index (χ2v) is 6.18. The molecule has 0 saturated carbocycles. The molecule has 20 heavy (non-hydrogen) atoms. The van der Waals surface area contributed by atoms with Crippen molar-refractivity contribution in [2.24, 2.45) is 0 Å². The van der Waals surface area contributed by atoms with Gasteiger partial charge in [0.15, 0.2) is 0 Å². The molecular formula is C14H14N2O3S. The summed E-state index contributed by atoms with van der Waals surface area (Å²) in [5, 5.41) is 4.79. The predicted octanol–water partition coefficient (Wildman–Crippen LogP) is 0.625. The molecule has 5 nitrogen and oxygen atoms in total. The van der Waals surface area contributed by atoms with E-state index in [9.17, 15) is 14.4 Å². The number of rotatable bonds is 2. The standard InChI is InChI=1S/C14H14N2O3S/c17-12-6-5-9(13(18)16-12)15-14(19)11-7-8-3-1-2-4-10(8)20-11/h1-4,9,11H,5-7H2,(H,15,19)(H,16,17,18). The molecule has 1 fully saturated rings. The minimum absolute atomic E-state index is 0.138. The first-order valence-corrected chi connectivity index (χ1v) is 7.40. The summed E-state index contributed by atoms with van der Waals surface area (Å²) >= 11 is 1.52. The van der Waals surface area contributed by atoms with Crippen LogP contribution in [0.25, 0.3) is 0 Å². The molecule has 2 N–H and O–H groups in total. The summed E-state index contributed by atoms with van der Waals surface area (Å²) in [6, 6.07) is 7.33. The molecule has 2 unspecified atom stereocenters. The highest BCUT2D eigenvalue weighted by Crippen LogP contribution is 2.36. The Bertz CT molecular complexity index is 563. The minimum atomic E-state index is -0.593. The monoisotopic (exact) mass is 290 g/mol. The first kappa shape index (κ1) is 13.2. The van der Waals surface area contributed by atoms with Gasteiger partial charge in [-0.3, -0.25) is 19.7 Å². The van der Waals surface area contributed by atoms with E-state index < -0.39 is 11.9 Å². The van der Waals surface area contributed by atoms with E-state index in [-0.39, 0.29) is 23.5 Å². The van der Waals surface area contributed by atoms with Crippen molar-refractivity contribution in [2.45, 2.75) is 35.4 Å². The molecule has 104 valence electrons. The largest absolute Gasteiger partial charge is 0.343 e. The van der Waals surface area contributed by atoms with Gasteiger partial charge >= 0.3 is 0 Å². The number of amides is 3. The minimum Gasteiger partial charge on any atom is -0.343 e. The molecule has 1 aromatic carbocycles. The van der Waals surface area contributed by atoms with Gasteiger partial charge in [-0.25, -0.2) is 0 Å². The first-order chi connectivity index (χ1) is 9.63. The molecule has 3 amide bonds. The Balaban J connectivity index is 1.61. The molecule has 2 aliphatic heterocycles. The van der Waals surface area contributed by atoms with Gasteiger partial charge in [0.2, 0.25) is 17.7 Å². The van der Waals surface area contributed by atoms with E-state index in [1.54, 1.807) is 0 Å². The Labute approximate surface area is 120 Å². The van der Waals surface area contributed by atoms with Gasteiger partial charge in [0, 0.05) is 11.3 Å². The van der Waals surface area contributed by atoms with Gasteiger partial charge < -0.3 is 5.32 Å². The quantitative estimate of drug-likeness (QED) is 0.783. The van der Waals surface area contributed by atoms with Crippen molar-refractivity contribution < 1.29 is 14.4 Å². The molecule has 1 aromatic rings. The summed E-state index contributed by atoms with van der Waals surface area (Å²) in [6.07, 6.45) is 1.33. The van der Waals surface area contributed by atoms with Crippen LogP contribution in [0.2, 0.25) is 0 Å². The van der Waals surface area contributed by atoms with Crippen LogP contribution in [0.1, 0.15) is 18.4 Å². The van der Waals surface area contributed by atoms with Gasteiger partial charge in [-0.05, 0) is 24.5 Å². The summed E-state index contributed by atoms with van der Waals surface area (Å²) in [4.78, 5) is 36.0. The van der Waals surface area contributed by atoms with Crippen molar-refractivity contribution in [2.75, 3.05) is 0 Å². The molecule has 0 aromatic heterocycles. The van der Waals surface area contributed by atoms with Gasteiger partial charge in [0.25, 0.3) is 0 Å². The molecule has 2 aliphatic rings. The van der Waals surface area contributed by atoms with Crippen LogP contribution in [-0.4, -0.2) is 29.0 Å². The zero-order chi connectivity index (χ0) is 14.1. The zero-order valence-corrected chi connectivity index (χ0v) is 11.5. The van der Waals surface area contributed by atoms with Gasteiger partial charge in [-0.15, -0.1) is 11.8 Å². The van der Waals surface area contributed by atoms with E-state index in [4.69, 9.17) is 0 Å². The number of nitrogens with one attached hydrogen (secondary N) is 2. The number of carbonyl (C=O) groups excluding carboxylic acids is 3. The number of hydrogen-bond donors (Lipinski definition) is 2. The number of carbonyl (C=O) groups is 3. The van der Waals surface area contributed by atoms with Crippen molar-refractivity contribution >= 4 is 29.5 Å². The lowest BCUT2D eigenvalue weighted by atomic mass is 10.1. The highest BCUT2D eigenvalue weighted by molar-refractivity contribution is 8.01. The molecule has 2 heterocycles. The number of hydrogen-bond acceptors (Lipinski definition) is 4. The van der Waals surface area contributed by atoms with Crippen LogP contribution in [0.3, 0.4) is 0 Å². The Morgan fingerprint density at radius 1 is 1.30 bits per heavy atom. The molecule has 3 rings (SSSR count). The summed E-state index contributed by atoms with van der Waals surface area (Å²) in [7, 11) is 0. The normalized spacial score (nSPS) is 25.0. The maximum Gasteiger partial charge on any atom is 0.249 e. The van der Waals surface area contributed by atoms with Crippen LogP contribution < -0.4 is 10.6 Å². The fourth-order valence-electron chi connectivity index (χ4n) is 2.42. The van der Waals surface area contributed by atoms with Gasteiger partial charge in [0.05, 0.1) is 5.25 Å². The lowest BCUT2D eigenvalue weighted by Gasteiger charge is -2.23. The summed E-state index contributed by atoms with van der Waals surface area (Å²) in [5.74, 6) is -0.820. The zero-order valence-electron chi connectivity index (χ0n) is 10.7. The number of benzene rings is 1. The molecular weight excluding hydrogens is 276 g/mol. The summed E-state index contributed by atoms with van der Waals surface area (Å²) < 4.78 is 0. The number of imide groups is 1. The highest BCUT2D eigenvalue weighted by Gasteiger charge is 2.33. The SMILES string of the molecule is O=C1CCC(NC(=O)C2Cc3ccccc3S2)C(=O)N1. The van der Waals surface area contributed by atoms with Crippen molar-refractivity contribution in [1.29, 1.82) is 0 Å². The number of fused-ring (bicyclic) bond motifs is 1. The van der Waals surface area contributed by atoms with Gasteiger partial charge in [-0.2, -0.15) is 0 Å². The van der Waals surface area contributed by atoms with Crippen LogP contribution in [-0.2, 0) is 20.8 Å². The molecule has 6 heteroatoms. The topological polar surface area (TPSA) is 75.3 Å². The fourth-order valence-corrected chi connectivity index (χ4v) is 3.63. The van der Waals surface area contributed by atoms with E-state index in [1.807, 2.05) is 24.3 Å². The summed E-state index contributed by atoms with van der Waals surface area (Å²) in [6.45, 7) is 0. The molecule has 0 spiro atoms. The predicted molar refractivity (Wildman–Crippen MR) is 74.1 cm³/mol. The van der Waals surface area contributed by atoms with E-state index >= 15 is 0 Å². The average Bonchev–Trinajstić information content (AvgIpc) is 2.86. The lowest BCUT2D eigenvalue weighted by Crippen LogP contribution is -2.53. The number of piperidine rings is 1. The second kappa shape index (κ2) is 5.28. The number of thioether (sulfide) groups is 1. The molecule has 0 radical (unpaired) electrons. The van der Waals surface area contributed by atoms with Crippen LogP contribution in [0.15, 0.2) is 29.2 Å². The Kier molecular flexibility index (Phi) is 3.48. The van der Waals surface area contributed by atoms with Crippen LogP contribution >= 0.6 is 11.8 Å². The maximum absolute atomic E-state index is 12.2. The van der Waals surface area contributed by atoms with Crippen molar-refractivity contribution in [1.82, 2.24) is 10.6 Å². The van der Waals surface area contributed by atoms with E-state index in [2.05, 4.69) is 10.6 Å². The molecule has 0 aliphatic carbocycles. The highest BCUT2D eigenvalue weighted by atomic mass is 32.2. The van der Waals surface area contributed by atoms with Crippen molar-refractivity contribution in [3.8, 4) is 0 Å². The molecule has 2 atom stereocenters. The van der Waals surface area contributed by atoms with Crippen LogP contribution in [0.5, 0.6) is 0 Å². The average molecular weight is 290 g/mol. The van der Waals surface area contributed by atoms with Crippen LogP contribution in [0.4, 0.5) is 0 Å². The second-order valence-electron chi connectivity index (χ2n) is 4.93. The van der Waals surface area contributed by atoms with Gasteiger partial charge in [-0.1, -0.05) is 18.2 Å². The molecule has 1 saturated heterocycles. The third-order valence-corrected chi connectivity index (χ3v) is 4.81. The Morgan fingerprint density at radius 2 is 2.10 bits per heavy atom. The third-order valence-electron chi connectivity index (χ3n) is 3.50. The van der Waals surface area contributed by atoms with Crippen molar-refractivity contribution in [3.05, 3.63) is 29.8 Å². The fraction of sp³-hybridized carbons (Fsp3) is 0.357. The Morgan fingerprint density at radius 3 is 2.85 bits per heavy atom.